The number of hydrogen-bond donors (Lipinski definition) is 2. The number of benzene rings is 1. The highest BCUT2D eigenvalue weighted by molar-refractivity contribution is 6.33. The molecule has 0 spiro atoms. The molecule has 1 aromatic carbocycles. The summed E-state index contributed by atoms with van der Waals surface area (Å²) in [5, 5.41) is 5.99. The first-order valence-electron chi connectivity index (χ1n) is 8.49. The number of amides is 3. The molecule has 8 heteroatoms. The van der Waals surface area contributed by atoms with Crippen molar-refractivity contribution in [2.24, 2.45) is 5.92 Å². The minimum Gasteiger partial charge on any atom is -0.367 e. The van der Waals surface area contributed by atoms with Gasteiger partial charge in [0.15, 0.2) is 0 Å². The van der Waals surface area contributed by atoms with Crippen molar-refractivity contribution in [1.29, 1.82) is 0 Å². The molecule has 0 radical (unpaired) electrons. The molecule has 0 aromatic heterocycles. The molecule has 1 aromatic rings. The summed E-state index contributed by atoms with van der Waals surface area (Å²) in [6, 6.07) is 3.62. The number of anilines is 1. The van der Waals surface area contributed by atoms with E-state index < -0.39 is 6.04 Å². The van der Waals surface area contributed by atoms with E-state index in [1.807, 2.05) is 11.8 Å². The third-order valence-electron chi connectivity index (χ3n) is 4.85. The number of urea groups is 1. The molecule has 25 heavy (non-hydrogen) atoms. The molecule has 136 valence electrons. The Balaban J connectivity index is 1.56. The van der Waals surface area contributed by atoms with Crippen LogP contribution < -0.4 is 15.5 Å². The standard InChI is InChI=1S/C17H22ClFN4O2/c1-11-4-5-20-16(24)15(11)21-17(25)23-8-6-22(7-9-23)14-3-2-12(19)10-13(14)18/h2-3,10-11,15H,4-9H2,1H3,(H,20,24)(H,21,25). The smallest absolute Gasteiger partial charge is 0.318 e. The van der Waals surface area contributed by atoms with Gasteiger partial charge in [0.2, 0.25) is 5.91 Å². The van der Waals surface area contributed by atoms with Crippen LogP contribution in [0.25, 0.3) is 0 Å². The second-order valence-corrected chi connectivity index (χ2v) is 6.96. The lowest BCUT2D eigenvalue weighted by Crippen LogP contribution is -2.59. The Bertz CT molecular complexity index is 664. The molecule has 2 saturated heterocycles. The van der Waals surface area contributed by atoms with Crippen LogP contribution in [0, 0.1) is 11.7 Å². The van der Waals surface area contributed by atoms with E-state index in [0.29, 0.717) is 37.7 Å². The lowest BCUT2D eigenvalue weighted by atomic mass is 9.94. The summed E-state index contributed by atoms with van der Waals surface area (Å²) in [5.41, 5.74) is 0.767. The van der Waals surface area contributed by atoms with Crippen molar-refractivity contribution in [1.82, 2.24) is 15.5 Å². The average molecular weight is 369 g/mol. The molecular formula is C17H22ClFN4O2. The third kappa shape index (κ3) is 3.98. The molecule has 2 fully saturated rings. The summed E-state index contributed by atoms with van der Waals surface area (Å²) in [6.07, 6.45) is 0.855. The average Bonchev–Trinajstić information content (AvgIpc) is 2.58. The zero-order valence-electron chi connectivity index (χ0n) is 14.1. The maximum atomic E-state index is 13.2. The normalized spacial score (nSPS) is 24.0. The molecule has 0 aliphatic carbocycles. The van der Waals surface area contributed by atoms with Gasteiger partial charge in [-0.25, -0.2) is 9.18 Å². The largest absolute Gasteiger partial charge is 0.367 e. The predicted molar refractivity (Wildman–Crippen MR) is 94.3 cm³/mol. The van der Waals surface area contributed by atoms with E-state index in [-0.39, 0.29) is 23.7 Å². The first kappa shape index (κ1) is 17.8. The van der Waals surface area contributed by atoms with Crippen LogP contribution in [0.15, 0.2) is 18.2 Å². The minimum absolute atomic E-state index is 0.121. The van der Waals surface area contributed by atoms with Crippen LogP contribution >= 0.6 is 11.6 Å². The molecule has 0 bridgehead atoms. The summed E-state index contributed by atoms with van der Waals surface area (Å²) in [6.45, 7) is 4.86. The van der Waals surface area contributed by atoms with Crippen LogP contribution in [0.5, 0.6) is 0 Å². The van der Waals surface area contributed by atoms with E-state index in [0.717, 1.165) is 12.1 Å². The Labute approximate surface area is 151 Å². The minimum atomic E-state index is -0.481. The SMILES string of the molecule is CC1CCNC(=O)C1NC(=O)N1CCN(c2ccc(F)cc2Cl)CC1. The zero-order valence-corrected chi connectivity index (χ0v) is 14.9. The van der Waals surface area contributed by atoms with E-state index in [9.17, 15) is 14.0 Å². The van der Waals surface area contributed by atoms with E-state index in [1.54, 1.807) is 11.0 Å². The summed E-state index contributed by atoms with van der Waals surface area (Å²) in [7, 11) is 0. The molecule has 0 saturated carbocycles. The van der Waals surface area contributed by atoms with Crippen LogP contribution in [0.2, 0.25) is 5.02 Å². The number of piperidine rings is 1. The Morgan fingerprint density at radius 3 is 2.68 bits per heavy atom. The number of nitrogens with one attached hydrogen (secondary N) is 2. The molecule has 2 heterocycles. The van der Waals surface area contributed by atoms with Crippen molar-refractivity contribution in [3.05, 3.63) is 29.0 Å². The Hall–Kier alpha value is -2.02. The molecule has 2 aliphatic heterocycles. The van der Waals surface area contributed by atoms with Gasteiger partial charge in [-0.2, -0.15) is 0 Å². The second-order valence-electron chi connectivity index (χ2n) is 6.55. The van der Waals surface area contributed by atoms with E-state index in [2.05, 4.69) is 10.6 Å². The first-order valence-corrected chi connectivity index (χ1v) is 8.86. The van der Waals surface area contributed by atoms with Crippen LogP contribution in [-0.2, 0) is 4.79 Å². The highest BCUT2D eigenvalue weighted by atomic mass is 35.5. The number of rotatable bonds is 2. The van der Waals surface area contributed by atoms with Gasteiger partial charge in [0.25, 0.3) is 0 Å². The van der Waals surface area contributed by atoms with Gasteiger partial charge in [-0.1, -0.05) is 18.5 Å². The zero-order chi connectivity index (χ0) is 18.0. The topological polar surface area (TPSA) is 64.7 Å². The summed E-state index contributed by atoms with van der Waals surface area (Å²) in [5.74, 6) is -0.368. The van der Waals surface area contributed by atoms with Crippen molar-refractivity contribution in [2.75, 3.05) is 37.6 Å². The van der Waals surface area contributed by atoms with Crippen molar-refractivity contribution in [2.45, 2.75) is 19.4 Å². The molecule has 2 N–H and O–H groups in total. The molecular weight excluding hydrogens is 347 g/mol. The maximum absolute atomic E-state index is 13.2. The Kier molecular flexibility index (Phi) is 5.32. The molecule has 3 rings (SSSR count). The predicted octanol–water partition coefficient (Wildman–Crippen LogP) is 1.84. The maximum Gasteiger partial charge on any atom is 0.318 e. The Morgan fingerprint density at radius 2 is 2.04 bits per heavy atom. The van der Waals surface area contributed by atoms with Crippen LogP contribution in [0.3, 0.4) is 0 Å². The number of carbonyl (C=O) groups excluding carboxylic acids is 2. The van der Waals surface area contributed by atoms with Gasteiger partial charge < -0.3 is 20.4 Å². The summed E-state index contributed by atoms with van der Waals surface area (Å²) in [4.78, 5) is 28.1. The summed E-state index contributed by atoms with van der Waals surface area (Å²) < 4.78 is 13.2. The third-order valence-corrected chi connectivity index (χ3v) is 5.15. The number of piperazine rings is 1. The van der Waals surface area contributed by atoms with Crippen LogP contribution in [-0.4, -0.2) is 55.6 Å². The van der Waals surface area contributed by atoms with Crippen LogP contribution in [0.4, 0.5) is 14.9 Å². The lowest BCUT2D eigenvalue weighted by molar-refractivity contribution is -0.125. The van der Waals surface area contributed by atoms with Crippen molar-refractivity contribution in [3.8, 4) is 0 Å². The molecule has 3 amide bonds. The number of halogens is 2. The van der Waals surface area contributed by atoms with Gasteiger partial charge in [-0.3, -0.25) is 4.79 Å². The van der Waals surface area contributed by atoms with Gasteiger partial charge >= 0.3 is 6.03 Å². The first-order chi connectivity index (χ1) is 12.0. The molecule has 6 nitrogen and oxygen atoms in total. The van der Waals surface area contributed by atoms with E-state index in [1.165, 1.54) is 12.1 Å². The molecule has 2 aliphatic rings. The number of carbonyl (C=O) groups is 2. The number of nitrogens with zero attached hydrogens (tertiary/aromatic N) is 2. The Morgan fingerprint density at radius 1 is 1.32 bits per heavy atom. The fraction of sp³-hybridized carbons (Fsp3) is 0.529. The van der Waals surface area contributed by atoms with Gasteiger partial charge in [-0.05, 0) is 30.5 Å². The fourth-order valence-corrected chi connectivity index (χ4v) is 3.57. The quantitative estimate of drug-likeness (QED) is 0.837. The second kappa shape index (κ2) is 7.47. The molecule has 2 unspecified atom stereocenters. The molecule has 2 atom stereocenters. The highest BCUT2D eigenvalue weighted by Crippen LogP contribution is 2.27. The van der Waals surface area contributed by atoms with Gasteiger partial charge in [0.05, 0.1) is 10.7 Å². The van der Waals surface area contributed by atoms with Crippen molar-refractivity contribution in [3.63, 3.8) is 0 Å². The monoisotopic (exact) mass is 368 g/mol. The van der Waals surface area contributed by atoms with Crippen LogP contribution in [0.1, 0.15) is 13.3 Å². The van der Waals surface area contributed by atoms with Gasteiger partial charge in [0.1, 0.15) is 11.9 Å². The summed E-state index contributed by atoms with van der Waals surface area (Å²) >= 11 is 6.10. The highest BCUT2D eigenvalue weighted by Gasteiger charge is 2.32. The van der Waals surface area contributed by atoms with Crippen molar-refractivity contribution < 1.29 is 14.0 Å². The lowest BCUT2D eigenvalue weighted by Gasteiger charge is -2.38. The van der Waals surface area contributed by atoms with Gasteiger partial charge in [-0.15, -0.1) is 0 Å². The van der Waals surface area contributed by atoms with Crippen molar-refractivity contribution >= 4 is 29.2 Å². The van der Waals surface area contributed by atoms with Gasteiger partial charge in [0, 0.05) is 32.7 Å². The van der Waals surface area contributed by atoms with E-state index >= 15 is 0 Å². The van der Waals surface area contributed by atoms with E-state index in [4.69, 9.17) is 11.6 Å². The number of hydrogen-bond acceptors (Lipinski definition) is 3. The fourth-order valence-electron chi connectivity index (χ4n) is 3.28.